The van der Waals surface area contributed by atoms with Crippen molar-refractivity contribution in [1.29, 1.82) is 0 Å². The van der Waals surface area contributed by atoms with E-state index in [2.05, 4.69) is 41.7 Å². The maximum Gasteiger partial charge on any atom is 0.329 e. The van der Waals surface area contributed by atoms with Crippen LogP contribution in [0.1, 0.15) is 91.0 Å². The van der Waals surface area contributed by atoms with Gasteiger partial charge in [-0.25, -0.2) is 4.79 Å². The number of benzene rings is 3. The lowest BCUT2D eigenvalue weighted by Crippen LogP contribution is -2.57. The summed E-state index contributed by atoms with van der Waals surface area (Å²) in [4.78, 5) is 45.0. The van der Waals surface area contributed by atoms with Crippen LogP contribution in [0.3, 0.4) is 0 Å². The molecule has 242 valence electrons. The minimum Gasteiger partial charge on any atom is -0.459 e. The third kappa shape index (κ3) is 4.85. The Labute approximate surface area is 277 Å². The first-order valence-electron chi connectivity index (χ1n) is 17.9. The van der Waals surface area contributed by atoms with E-state index < -0.39 is 17.9 Å². The van der Waals surface area contributed by atoms with E-state index in [1.54, 1.807) is 4.90 Å². The normalized spacial score (nSPS) is 34.1. The van der Waals surface area contributed by atoms with Crippen molar-refractivity contribution in [2.24, 2.45) is 35.0 Å². The van der Waals surface area contributed by atoms with E-state index in [-0.39, 0.29) is 41.6 Å². The van der Waals surface area contributed by atoms with Crippen molar-refractivity contribution in [2.45, 2.75) is 75.9 Å². The van der Waals surface area contributed by atoms with Crippen molar-refractivity contribution in [1.82, 2.24) is 10.2 Å². The fourth-order valence-electron chi connectivity index (χ4n) is 11.5. The van der Waals surface area contributed by atoms with E-state index in [0.717, 1.165) is 52.0 Å². The van der Waals surface area contributed by atoms with E-state index in [1.165, 1.54) is 38.5 Å². The highest BCUT2D eigenvalue weighted by atomic mass is 16.5. The molecule has 1 N–H and O–H groups in total. The topological polar surface area (TPSA) is 75.7 Å². The van der Waals surface area contributed by atoms with Crippen molar-refractivity contribution in [2.75, 3.05) is 13.1 Å². The Morgan fingerprint density at radius 1 is 0.723 bits per heavy atom. The summed E-state index contributed by atoms with van der Waals surface area (Å²) in [6.45, 7) is 1.40. The second kappa shape index (κ2) is 11.4. The van der Waals surface area contributed by atoms with Gasteiger partial charge in [0.05, 0.1) is 11.8 Å². The first-order valence-corrected chi connectivity index (χ1v) is 17.9. The molecule has 1 unspecified atom stereocenters. The molecule has 6 bridgehead atoms. The first kappa shape index (κ1) is 29.2. The van der Waals surface area contributed by atoms with Crippen LogP contribution in [0.15, 0.2) is 78.9 Å². The van der Waals surface area contributed by atoms with Gasteiger partial charge in [-0.2, -0.15) is 0 Å². The summed E-state index contributed by atoms with van der Waals surface area (Å²) in [5, 5.41) is 3.50. The number of likely N-dealkylation sites (tertiary alicyclic amines) is 1. The van der Waals surface area contributed by atoms with Gasteiger partial charge in [0.1, 0.15) is 12.6 Å². The molecule has 47 heavy (non-hydrogen) atoms. The summed E-state index contributed by atoms with van der Waals surface area (Å²) in [5.41, 5.74) is 5.73. The number of carbonyl (C=O) groups excluding carboxylic acids is 3. The van der Waals surface area contributed by atoms with Gasteiger partial charge >= 0.3 is 5.97 Å². The van der Waals surface area contributed by atoms with Crippen LogP contribution in [0.4, 0.5) is 0 Å². The van der Waals surface area contributed by atoms with Crippen LogP contribution in [0, 0.1) is 35.0 Å². The second-order valence-corrected chi connectivity index (χ2v) is 15.7. The molecule has 2 amide bonds. The molecule has 11 rings (SSSR count). The molecule has 5 fully saturated rings. The molecule has 6 heteroatoms. The molecule has 0 spiro atoms. The maximum atomic E-state index is 15.0. The molecule has 0 aromatic heterocycles. The van der Waals surface area contributed by atoms with E-state index in [0.29, 0.717) is 19.5 Å². The van der Waals surface area contributed by atoms with Gasteiger partial charge in [-0.15, -0.1) is 0 Å². The van der Waals surface area contributed by atoms with Crippen LogP contribution in [0.25, 0.3) is 0 Å². The summed E-state index contributed by atoms with van der Waals surface area (Å²) in [6, 6.07) is 25.8. The van der Waals surface area contributed by atoms with Gasteiger partial charge in [0.25, 0.3) is 0 Å². The van der Waals surface area contributed by atoms with Crippen LogP contribution in [-0.4, -0.2) is 41.8 Å². The number of hydrogen-bond donors (Lipinski definition) is 1. The number of fused-ring (bicyclic) bond motifs is 1. The second-order valence-electron chi connectivity index (χ2n) is 15.7. The smallest absolute Gasteiger partial charge is 0.329 e. The molecular weight excluding hydrogens is 584 g/mol. The zero-order valence-electron chi connectivity index (χ0n) is 27.0. The fourth-order valence-corrected chi connectivity index (χ4v) is 11.5. The summed E-state index contributed by atoms with van der Waals surface area (Å²) >= 11 is 0. The van der Waals surface area contributed by atoms with Crippen molar-refractivity contribution in [3.05, 3.63) is 107 Å². The van der Waals surface area contributed by atoms with Crippen molar-refractivity contribution in [3.8, 4) is 0 Å². The molecule has 1 aliphatic heterocycles. The molecule has 8 aliphatic rings. The third-order valence-corrected chi connectivity index (χ3v) is 12.9. The average Bonchev–Trinajstić information content (AvgIpc) is 3.59. The number of nitrogens with zero attached hydrogens (tertiary/aromatic N) is 1. The highest BCUT2D eigenvalue weighted by Crippen LogP contribution is 2.61. The first-order chi connectivity index (χ1) is 23.0. The van der Waals surface area contributed by atoms with Crippen molar-refractivity contribution < 1.29 is 19.1 Å². The number of carbonyl (C=O) groups is 3. The van der Waals surface area contributed by atoms with Crippen molar-refractivity contribution >= 4 is 17.8 Å². The molecule has 3 atom stereocenters. The van der Waals surface area contributed by atoms with Gasteiger partial charge in [0.2, 0.25) is 11.8 Å². The summed E-state index contributed by atoms with van der Waals surface area (Å²) in [7, 11) is 0. The largest absolute Gasteiger partial charge is 0.459 e. The number of ether oxygens (including phenoxy) is 1. The minimum atomic E-state index is -0.632. The van der Waals surface area contributed by atoms with E-state index in [9.17, 15) is 14.4 Å². The van der Waals surface area contributed by atoms with Gasteiger partial charge in [0.15, 0.2) is 0 Å². The van der Waals surface area contributed by atoms with Gasteiger partial charge < -0.3 is 15.0 Å². The number of amides is 2. The van der Waals surface area contributed by atoms with E-state index in [4.69, 9.17) is 4.74 Å². The highest BCUT2D eigenvalue weighted by molar-refractivity contribution is 5.94. The number of rotatable bonds is 7. The van der Waals surface area contributed by atoms with Crippen LogP contribution < -0.4 is 5.32 Å². The van der Waals surface area contributed by atoms with Gasteiger partial charge in [-0.1, -0.05) is 78.9 Å². The van der Waals surface area contributed by atoms with Crippen molar-refractivity contribution in [3.63, 3.8) is 0 Å². The molecule has 3 aromatic carbocycles. The quantitative estimate of drug-likeness (QED) is 0.300. The number of nitrogens with one attached hydrogen (secondary N) is 1. The Bertz CT molecular complexity index is 1630. The highest BCUT2D eigenvalue weighted by Gasteiger charge is 2.57. The fraction of sp³-hybridized carbons (Fsp3) is 0.488. The summed E-state index contributed by atoms with van der Waals surface area (Å²) < 4.78 is 5.77. The SMILES string of the molecule is O=C(OCc1ccccc1)C1CCCN1C(=O)[C@@H]1C2c3ccccc3C(c3ccccc32)[C@@H]1C(=O)NCC12CC3CC(CC(C3)C1)C2. The lowest BCUT2D eigenvalue weighted by molar-refractivity contribution is -0.157. The molecule has 1 heterocycles. The third-order valence-electron chi connectivity index (χ3n) is 12.9. The molecular formula is C41H44N2O4. The Morgan fingerprint density at radius 3 is 1.83 bits per heavy atom. The molecule has 0 radical (unpaired) electrons. The predicted molar refractivity (Wildman–Crippen MR) is 178 cm³/mol. The lowest BCUT2D eigenvalue weighted by Gasteiger charge is -2.57. The zero-order chi connectivity index (χ0) is 31.7. The summed E-state index contributed by atoms with van der Waals surface area (Å²) in [5.74, 6) is 0.432. The summed E-state index contributed by atoms with van der Waals surface area (Å²) in [6.07, 6.45) is 9.11. The van der Waals surface area contributed by atoms with E-state index >= 15 is 0 Å². The Balaban J connectivity index is 1.04. The molecule has 7 aliphatic carbocycles. The van der Waals surface area contributed by atoms with Crippen LogP contribution in [-0.2, 0) is 25.7 Å². The Hall–Kier alpha value is -3.93. The monoisotopic (exact) mass is 628 g/mol. The van der Waals surface area contributed by atoms with Gasteiger partial charge in [-0.05, 0) is 102 Å². The van der Waals surface area contributed by atoms with E-state index in [1.807, 2.05) is 42.5 Å². The zero-order valence-corrected chi connectivity index (χ0v) is 27.0. The average molecular weight is 629 g/mol. The minimum absolute atomic E-state index is 0.000465. The molecule has 4 saturated carbocycles. The Morgan fingerprint density at radius 2 is 1.26 bits per heavy atom. The van der Waals surface area contributed by atoms with Crippen LogP contribution >= 0.6 is 0 Å². The van der Waals surface area contributed by atoms with Gasteiger partial charge in [-0.3, -0.25) is 9.59 Å². The van der Waals surface area contributed by atoms with Crippen LogP contribution in [0.5, 0.6) is 0 Å². The maximum absolute atomic E-state index is 15.0. The molecule has 6 nitrogen and oxygen atoms in total. The van der Waals surface area contributed by atoms with Gasteiger partial charge in [0, 0.05) is 24.9 Å². The Kier molecular flexibility index (Phi) is 7.06. The molecule has 1 saturated heterocycles. The van der Waals surface area contributed by atoms with Crippen LogP contribution in [0.2, 0.25) is 0 Å². The number of hydrogen-bond acceptors (Lipinski definition) is 4. The lowest BCUT2D eigenvalue weighted by atomic mass is 9.49. The standard InChI is InChI=1S/C41H44N2O4/c44-38(42-24-41-20-26-17-27(21-41)19-28(18-26)22-41)36-34-29-11-4-6-13-31(29)35(32-14-7-5-12-30(32)34)37(36)39(45)43-16-8-15-33(43)40(46)47-23-25-9-2-1-3-10-25/h1-7,9-14,26-28,33-37H,8,15-24H2,(H,42,44)/t26?,27?,28?,33?,34?,35?,36-,37+,41?/m0/s1. The predicted octanol–water partition coefficient (Wildman–Crippen LogP) is 6.58. The molecule has 3 aromatic rings. The number of esters is 1.